The van der Waals surface area contributed by atoms with Crippen LogP contribution in [-0.4, -0.2) is 75.1 Å². The van der Waals surface area contributed by atoms with Gasteiger partial charge in [0.15, 0.2) is 0 Å². The SMILES string of the molecule is CN1N=C(C(=O)N2CCCN(Cc3nccn3C)CC2)CCC1=O. The van der Waals surface area contributed by atoms with Gasteiger partial charge in [-0.3, -0.25) is 14.5 Å². The van der Waals surface area contributed by atoms with Crippen LogP contribution in [0.1, 0.15) is 25.1 Å². The highest BCUT2D eigenvalue weighted by Crippen LogP contribution is 2.12. The summed E-state index contributed by atoms with van der Waals surface area (Å²) in [5, 5.41) is 5.42. The van der Waals surface area contributed by atoms with Crippen molar-refractivity contribution in [2.24, 2.45) is 12.1 Å². The minimum absolute atomic E-state index is 0.0341. The summed E-state index contributed by atoms with van der Waals surface area (Å²) in [4.78, 5) is 32.7. The van der Waals surface area contributed by atoms with Crippen LogP contribution >= 0.6 is 0 Å². The zero-order valence-corrected chi connectivity index (χ0v) is 14.3. The first-order chi connectivity index (χ1) is 11.5. The second kappa shape index (κ2) is 7.12. The van der Waals surface area contributed by atoms with Crippen molar-refractivity contribution < 1.29 is 9.59 Å². The normalized spacial score (nSPS) is 20.1. The number of aryl methyl sites for hydroxylation is 1. The molecule has 1 aromatic heterocycles. The summed E-state index contributed by atoms with van der Waals surface area (Å²) in [7, 11) is 3.60. The number of hydrogen-bond donors (Lipinski definition) is 0. The highest BCUT2D eigenvalue weighted by atomic mass is 16.2. The van der Waals surface area contributed by atoms with Gasteiger partial charge in [0.05, 0.1) is 6.54 Å². The lowest BCUT2D eigenvalue weighted by molar-refractivity contribution is -0.130. The second-order valence-electron chi connectivity index (χ2n) is 6.34. The zero-order chi connectivity index (χ0) is 17.1. The summed E-state index contributed by atoms with van der Waals surface area (Å²) in [6, 6.07) is 0. The van der Waals surface area contributed by atoms with E-state index in [1.54, 1.807) is 7.05 Å². The van der Waals surface area contributed by atoms with Gasteiger partial charge in [-0.15, -0.1) is 0 Å². The molecule has 0 aromatic carbocycles. The Labute approximate surface area is 141 Å². The summed E-state index contributed by atoms with van der Waals surface area (Å²) < 4.78 is 2.03. The summed E-state index contributed by atoms with van der Waals surface area (Å²) in [5.74, 6) is 0.962. The lowest BCUT2D eigenvalue weighted by Crippen LogP contribution is -2.42. The minimum Gasteiger partial charge on any atom is -0.337 e. The summed E-state index contributed by atoms with van der Waals surface area (Å²) in [6.07, 6.45) is 5.48. The van der Waals surface area contributed by atoms with Gasteiger partial charge in [-0.1, -0.05) is 0 Å². The molecule has 2 aliphatic heterocycles. The molecule has 0 N–H and O–H groups in total. The largest absolute Gasteiger partial charge is 0.337 e. The number of hydrazone groups is 1. The molecule has 3 rings (SSSR count). The van der Waals surface area contributed by atoms with E-state index in [0.717, 1.165) is 38.4 Å². The van der Waals surface area contributed by atoms with Crippen molar-refractivity contribution in [3.63, 3.8) is 0 Å². The molecule has 24 heavy (non-hydrogen) atoms. The number of nitrogens with zero attached hydrogens (tertiary/aromatic N) is 6. The van der Waals surface area contributed by atoms with Gasteiger partial charge in [-0.2, -0.15) is 5.10 Å². The molecule has 2 aliphatic rings. The molecule has 0 radical (unpaired) electrons. The van der Waals surface area contributed by atoms with Crippen LogP contribution in [0.2, 0.25) is 0 Å². The molecule has 2 amide bonds. The lowest BCUT2D eigenvalue weighted by Gasteiger charge is -2.25. The number of aromatic nitrogens is 2. The molecule has 0 saturated carbocycles. The first kappa shape index (κ1) is 16.6. The minimum atomic E-state index is -0.0383. The topological polar surface area (TPSA) is 74.0 Å². The number of rotatable bonds is 3. The first-order valence-electron chi connectivity index (χ1n) is 8.36. The Balaban J connectivity index is 1.59. The smallest absolute Gasteiger partial charge is 0.270 e. The Kier molecular flexibility index (Phi) is 4.94. The predicted octanol–water partition coefficient (Wildman–Crippen LogP) is 0.0626. The number of hydrogen-bond acceptors (Lipinski definition) is 5. The third-order valence-corrected chi connectivity index (χ3v) is 4.62. The fourth-order valence-electron chi connectivity index (χ4n) is 3.09. The molecular weight excluding hydrogens is 308 g/mol. The van der Waals surface area contributed by atoms with Crippen molar-refractivity contribution in [2.75, 3.05) is 33.2 Å². The molecule has 0 spiro atoms. The molecular formula is C16H24N6O2. The zero-order valence-electron chi connectivity index (χ0n) is 14.3. The Morgan fingerprint density at radius 2 is 2.00 bits per heavy atom. The van der Waals surface area contributed by atoms with E-state index < -0.39 is 0 Å². The van der Waals surface area contributed by atoms with Crippen molar-refractivity contribution in [3.05, 3.63) is 18.2 Å². The molecule has 8 heteroatoms. The second-order valence-corrected chi connectivity index (χ2v) is 6.34. The fraction of sp³-hybridized carbons (Fsp3) is 0.625. The van der Waals surface area contributed by atoms with Crippen LogP contribution in [0.3, 0.4) is 0 Å². The van der Waals surface area contributed by atoms with E-state index in [1.807, 2.05) is 28.9 Å². The quantitative estimate of drug-likeness (QED) is 0.785. The maximum absolute atomic E-state index is 12.7. The predicted molar refractivity (Wildman–Crippen MR) is 89.1 cm³/mol. The summed E-state index contributed by atoms with van der Waals surface area (Å²) in [6.45, 7) is 3.97. The van der Waals surface area contributed by atoms with E-state index in [-0.39, 0.29) is 11.8 Å². The van der Waals surface area contributed by atoms with Gasteiger partial charge in [0.1, 0.15) is 11.5 Å². The van der Waals surface area contributed by atoms with E-state index >= 15 is 0 Å². The molecule has 0 unspecified atom stereocenters. The Morgan fingerprint density at radius 3 is 2.71 bits per heavy atom. The molecule has 0 aliphatic carbocycles. The average Bonchev–Trinajstić information content (AvgIpc) is 2.83. The van der Waals surface area contributed by atoms with Crippen molar-refractivity contribution in [1.82, 2.24) is 24.4 Å². The van der Waals surface area contributed by atoms with Crippen molar-refractivity contribution in [1.29, 1.82) is 0 Å². The number of carbonyl (C=O) groups excluding carboxylic acids is 2. The summed E-state index contributed by atoms with van der Waals surface area (Å²) in [5.41, 5.74) is 0.495. The molecule has 1 saturated heterocycles. The fourth-order valence-corrected chi connectivity index (χ4v) is 3.09. The highest BCUT2D eigenvalue weighted by molar-refractivity contribution is 6.39. The van der Waals surface area contributed by atoms with E-state index in [2.05, 4.69) is 15.0 Å². The van der Waals surface area contributed by atoms with E-state index in [0.29, 0.717) is 25.1 Å². The molecule has 8 nitrogen and oxygen atoms in total. The molecule has 1 fully saturated rings. The van der Waals surface area contributed by atoms with Crippen LogP contribution in [0.5, 0.6) is 0 Å². The van der Waals surface area contributed by atoms with Crippen LogP contribution < -0.4 is 0 Å². The third kappa shape index (κ3) is 3.64. The van der Waals surface area contributed by atoms with Crippen molar-refractivity contribution in [2.45, 2.75) is 25.8 Å². The third-order valence-electron chi connectivity index (χ3n) is 4.62. The first-order valence-corrected chi connectivity index (χ1v) is 8.36. The van der Waals surface area contributed by atoms with Gasteiger partial charge >= 0.3 is 0 Å². The van der Waals surface area contributed by atoms with Crippen LogP contribution in [0.4, 0.5) is 0 Å². The Hall–Kier alpha value is -2.22. The van der Waals surface area contributed by atoms with Gasteiger partial charge in [-0.25, -0.2) is 9.99 Å². The summed E-state index contributed by atoms with van der Waals surface area (Å²) >= 11 is 0. The Morgan fingerprint density at radius 1 is 1.17 bits per heavy atom. The van der Waals surface area contributed by atoms with Crippen molar-refractivity contribution >= 4 is 17.5 Å². The van der Waals surface area contributed by atoms with E-state index in [1.165, 1.54) is 5.01 Å². The van der Waals surface area contributed by atoms with Gasteiger partial charge in [0.25, 0.3) is 5.91 Å². The maximum atomic E-state index is 12.7. The van der Waals surface area contributed by atoms with E-state index in [9.17, 15) is 9.59 Å². The van der Waals surface area contributed by atoms with Crippen LogP contribution in [0.25, 0.3) is 0 Å². The molecule has 0 bridgehead atoms. The molecule has 1 aromatic rings. The van der Waals surface area contributed by atoms with Gasteiger partial charge < -0.3 is 9.47 Å². The average molecular weight is 332 g/mol. The monoisotopic (exact) mass is 332 g/mol. The maximum Gasteiger partial charge on any atom is 0.270 e. The van der Waals surface area contributed by atoms with Crippen LogP contribution in [-0.2, 0) is 23.2 Å². The number of imidazole rings is 1. The van der Waals surface area contributed by atoms with Gasteiger partial charge in [0.2, 0.25) is 5.91 Å². The van der Waals surface area contributed by atoms with Gasteiger partial charge in [0, 0.05) is 65.5 Å². The van der Waals surface area contributed by atoms with Crippen molar-refractivity contribution in [3.8, 4) is 0 Å². The number of amides is 2. The van der Waals surface area contributed by atoms with Crippen LogP contribution in [0.15, 0.2) is 17.5 Å². The molecule has 130 valence electrons. The molecule has 0 atom stereocenters. The van der Waals surface area contributed by atoms with E-state index in [4.69, 9.17) is 0 Å². The van der Waals surface area contributed by atoms with Gasteiger partial charge in [-0.05, 0) is 6.42 Å². The number of carbonyl (C=O) groups is 2. The Bertz CT molecular complexity index is 653. The standard InChI is InChI=1S/C16H24N6O2/c1-19-9-6-17-14(19)12-21-7-3-8-22(11-10-21)16(24)13-4-5-15(23)20(2)18-13/h6,9H,3-5,7-8,10-12H2,1-2H3. The van der Waals surface area contributed by atoms with Crippen LogP contribution in [0, 0.1) is 0 Å². The highest BCUT2D eigenvalue weighted by Gasteiger charge is 2.27. The molecule has 3 heterocycles. The lowest BCUT2D eigenvalue weighted by atomic mass is 10.1.